The van der Waals surface area contributed by atoms with E-state index in [-0.39, 0.29) is 0 Å². The first-order valence-electron chi connectivity index (χ1n) is 7.48. The smallest absolute Gasteiger partial charge is 0.162 e. The van der Waals surface area contributed by atoms with E-state index in [2.05, 4.69) is 34.3 Å². The Morgan fingerprint density at radius 1 is 0.957 bits per heavy atom. The van der Waals surface area contributed by atoms with Crippen LogP contribution in [0.5, 0.6) is 11.5 Å². The first kappa shape index (κ1) is 15.1. The van der Waals surface area contributed by atoms with Crippen LogP contribution in [0.4, 0.5) is 11.5 Å². The van der Waals surface area contributed by atoms with Crippen LogP contribution in [-0.2, 0) is 6.42 Å². The molecule has 3 rings (SSSR count). The molecule has 1 aromatic heterocycles. The van der Waals surface area contributed by atoms with Crippen molar-refractivity contribution in [1.82, 2.24) is 9.97 Å². The second-order valence-electron chi connectivity index (χ2n) is 5.12. The molecule has 0 bridgehead atoms. The summed E-state index contributed by atoms with van der Waals surface area (Å²) in [6, 6.07) is 12.0. The van der Waals surface area contributed by atoms with Crippen LogP contribution in [0, 0.1) is 0 Å². The van der Waals surface area contributed by atoms with Crippen molar-refractivity contribution < 1.29 is 9.47 Å². The van der Waals surface area contributed by atoms with E-state index in [1.807, 2.05) is 24.3 Å². The number of ether oxygens (including phenoxy) is 2. The minimum atomic E-state index is 0.650. The predicted octanol–water partition coefficient (Wildman–Crippen LogP) is 3.95. The molecule has 118 valence electrons. The molecule has 0 aliphatic rings. The Morgan fingerprint density at radius 3 is 2.30 bits per heavy atom. The van der Waals surface area contributed by atoms with E-state index in [4.69, 9.17) is 9.47 Å². The molecule has 1 N–H and O–H groups in total. The zero-order valence-corrected chi connectivity index (χ0v) is 13.5. The first-order chi connectivity index (χ1) is 11.2. The van der Waals surface area contributed by atoms with Gasteiger partial charge in [0, 0.05) is 17.1 Å². The minimum absolute atomic E-state index is 0.650. The van der Waals surface area contributed by atoms with Crippen molar-refractivity contribution in [2.45, 2.75) is 13.3 Å². The number of rotatable bonds is 5. The van der Waals surface area contributed by atoms with Crippen molar-refractivity contribution in [3.8, 4) is 11.5 Å². The summed E-state index contributed by atoms with van der Waals surface area (Å²) in [6.07, 6.45) is 2.56. The van der Waals surface area contributed by atoms with Crippen LogP contribution in [0.3, 0.4) is 0 Å². The molecule has 0 aliphatic carbocycles. The van der Waals surface area contributed by atoms with Crippen molar-refractivity contribution >= 4 is 22.4 Å². The van der Waals surface area contributed by atoms with Crippen molar-refractivity contribution in [3.63, 3.8) is 0 Å². The number of fused-ring (bicyclic) bond motifs is 1. The van der Waals surface area contributed by atoms with Gasteiger partial charge < -0.3 is 14.8 Å². The molecule has 5 heteroatoms. The van der Waals surface area contributed by atoms with E-state index < -0.39 is 0 Å². The van der Waals surface area contributed by atoms with Crippen molar-refractivity contribution in [3.05, 3.63) is 48.3 Å². The molecule has 0 unspecified atom stereocenters. The molecule has 0 spiro atoms. The monoisotopic (exact) mass is 309 g/mol. The Balaban J connectivity index is 2.02. The van der Waals surface area contributed by atoms with Crippen LogP contribution in [-0.4, -0.2) is 24.2 Å². The third-order valence-corrected chi connectivity index (χ3v) is 3.77. The third-order valence-electron chi connectivity index (χ3n) is 3.77. The fourth-order valence-electron chi connectivity index (χ4n) is 2.44. The van der Waals surface area contributed by atoms with E-state index in [9.17, 15) is 0 Å². The van der Waals surface area contributed by atoms with E-state index in [0.29, 0.717) is 11.5 Å². The van der Waals surface area contributed by atoms with Crippen LogP contribution in [0.1, 0.15) is 12.5 Å². The molecule has 3 aromatic rings. The van der Waals surface area contributed by atoms with E-state index in [1.54, 1.807) is 14.2 Å². The molecular weight excluding hydrogens is 290 g/mol. The topological polar surface area (TPSA) is 56.3 Å². The number of hydrogen-bond donors (Lipinski definition) is 1. The molecule has 5 nitrogen and oxygen atoms in total. The maximum absolute atomic E-state index is 5.37. The molecular formula is C18H19N3O2. The van der Waals surface area contributed by atoms with Crippen LogP contribution in [0.25, 0.3) is 10.9 Å². The zero-order valence-electron chi connectivity index (χ0n) is 13.5. The molecule has 0 amide bonds. The predicted molar refractivity (Wildman–Crippen MR) is 91.7 cm³/mol. The van der Waals surface area contributed by atoms with Crippen molar-refractivity contribution in [2.24, 2.45) is 0 Å². The second kappa shape index (κ2) is 6.52. The SMILES string of the molecule is CCc1ccc(Nc2ncnc3cc(OC)c(OC)cc23)cc1. The molecule has 23 heavy (non-hydrogen) atoms. The number of benzene rings is 2. The van der Waals surface area contributed by atoms with Crippen molar-refractivity contribution in [1.29, 1.82) is 0 Å². The van der Waals surface area contributed by atoms with Crippen LogP contribution in [0.2, 0.25) is 0 Å². The number of anilines is 2. The lowest BCUT2D eigenvalue weighted by Gasteiger charge is -2.12. The summed E-state index contributed by atoms with van der Waals surface area (Å²) in [5.41, 5.74) is 3.08. The summed E-state index contributed by atoms with van der Waals surface area (Å²) in [7, 11) is 3.23. The van der Waals surface area contributed by atoms with Gasteiger partial charge in [-0.15, -0.1) is 0 Å². The van der Waals surface area contributed by atoms with Gasteiger partial charge in [-0.05, 0) is 30.2 Å². The molecule has 0 saturated carbocycles. The number of hydrogen-bond acceptors (Lipinski definition) is 5. The minimum Gasteiger partial charge on any atom is -0.493 e. The van der Waals surface area contributed by atoms with Gasteiger partial charge in [0.2, 0.25) is 0 Å². The van der Waals surface area contributed by atoms with Gasteiger partial charge >= 0.3 is 0 Å². The molecule has 2 aromatic carbocycles. The zero-order chi connectivity index (χ0) is 16.2. The van der Waals surface area contributed by atoms with E-state index in [1.165, 1.54) is 11.9 Å². The summed E-state index contributed by atoms with van der Waals surface area (Å²) in [6.45, 7) is 2.14. The van der Waals surface area contributed by atoms with Gasteiger partial charge in [0.15, 0.2) is 11.5 Å². The Bertz CT molecular complexity index is 816. The highest BCUT2D eigenvalue weighted by atomic mass is 16.5. The Morgan fingerprint density at radius 2 is 1.65 bits per heavy atom. The maximum atomic E-state index is 5.37. The molecule has 0 fully saturated rings. The lowest BCUT2D eigenvalue weighted by atomic mass is 10.1. The normalized spacial score (nSPS) is 10.6. The summed E-state index contributed by atoms with van der Waals surface area (Å²) in [4.78, 5) is 8.67. The summed E-state index contributed by atoms with van der Waals surface area (Å²) < 4.78 is 10.7. The standard InChI is InChI=1S/C18H19N3O2/c1-4-12-5-7-13(8-6-12)21-18-14-9-16(22-2)17(23-3)10-15(14)19-11-20-18/h5-11H,4H2,1-3H3,(H,19,20,21). The maximum Gasteiger partial charge on any atom is 0.162 e. The number of nitrogens with zero attached hydrogens (tertiary/aromatic N) is 2. The van der Waals surface area contributed by atoms with Gasteiger partial charge in [-0.2, -0.15) is 0 Å². The summed E-state index contributed by atoms with van der Waals surface area (Å²) in [5.74, 6) is 2.04. The Labute approximate surface area is 135 Å². The summed E-state index contributed by atoms with van der Waals surface area (Å²) >= 11 is 0. The van der Waals surface area contributed by atoms with Crippen LogP contribution >= 0.6 is 0 Å². The van der Waals surface area contributed by atoms with Gasteiger partial charge in [-0.25, -0.2) is 9.97 Å². The van der Waals surface area contributed by atoms with Crippen LogP contribution < -0.4 is 14.8 Å². The van der Waals surface area contributed by atoms with Gasteiger partial charge in [-0.3, -0.25) is 0 Å². The molecule has 1 heterocycles. The fraction of sp³-hybridized carbons (Fsp3) is 0.222. The Kier molecular flexibility index (Phi) is 4.28. The number of methoxy groups -OCH3 is 2. The highest BCUT2D eigenvalue weighted by Crippen LogP contribution is 2.34. The van der Waals surface area contributed by atoms with Crippen LogP contribution in [0.15, 0.2) is 42.7 Å². The van der Waals surface area contributed by atoms with Crippen molar-refractivity contribution in [2.75, 3.05) is 19.5 Å². The molecule has 0 radical (unpaired) electrons. The van der Waals surface area contributed by atoms with E-state index in [0.717, 1.165) is 28.8 Å². The average Bonchev–Trinajstić information content (AvgIpc) is 2.61. The van der Waals surface area contributed by atoms with Gasteiger partial charge in [0.05, 0.1) is 19.7 Å². The number of nitrogens with one attached hydrogen (secondary N) is 1. The average molecular weight is 309 g/mol. The number of aromatic nitrogens is 2. The van der Waals surface area contributed by atoms with Gasteiger partial charge in [0.25, 0.3) is 0 Å². The highest BCUT2D eigenvalue weighted by molar-refractivity contribution is 5.93. The third kappa shape index (κ3) is 3.04. The first-order valence-corrected chi connectivity index (χ1v) is 7.48. The molecule has 0 atom stereocenters. The quantitative estimate of drug-likeness (QED) is 0.773. The molecule has 0 aliphatic heterocycles. The highest BCUT2D eigenvalue weighted by Gasteiger charge is 2.11. The Hall–Kier alpha value is -2.82. The largest absolute Gasteiger partial charge is 0.493 e. The lowest BCUT2D eigenvalue weighted by Crippen LogP contribution is -1.98. The van der Waals surface area contributed by atoms with Gasteiger partial charge in [0.1, 0.15) is 12.1 Å². The number of aryl methyl sites for hydroxylation is 1. The lowest BCUT2D eigenvalue weighted by molar-refractivity contribution is 0.356. The fourth-order valence-corrected chi connectivity index (χ4v) is 2.44. The summed E-state index contributed by atoms with van der Waals surface area (Å²) in [5, 5.41) is 4.22. The van der Waals surface area contributed by atoms with Gasteiger partial charge in [-0.1, -0.05) is 19.1 Å². The second-order valence-corrected chi connectivity index (χ2v) is 5.12. The molecule has 0 saturated heterocycles. The van der Waals surface area contributed by atoms with E-state index >= 15 is 0 Å².